The molecule has 2 rings (SSSR count). The number of hydrogen-bond acceptors (Lipinski definition) is 5. The van der Waals surface area contributed by atoms with Gasteiger partial charge in [-0.2, -0.15) is 0 Å². The molecule has 6 heteroatoms. The van der Waals surface area contributed by atoms with E-state index < -0.39 is 36.6 Å². The maximum Gasteiger partial charge on any atom is 0.229 e. The van der Waals surface area contributed by atoms with Gasteiger partial charge in [0.15, 0.2) is 5.79 Å². The Morgan fingerprint density at radius 1 is 1.40 bits per heavy atom. The Hall–Kier alpha value is -0.270. The van der Waals surface area contributed by atoms with Gasteiger partial charge >= 0.3 is 0 Å². The summed E-state index contributed by atoms with van der Waals surface area (Å²) >= 11 is 0. The molecule has 4 atom stereocenters. The summed E-state index contributed by atoms with van der Waals surface area (Å²) in [5.41, 5.74) is 5.39. The second kappa shape index (κ2) is 3.36. The van der Waals surface area contributed by atoms with Gasteiger partial charge in [0.25, 0.3) is 0 Å². The van der Waals surface area contributed by atoms with Crippen molar-refractivity contribution < 1.29 is 23.7 Å². The van der Waals surface area contributed by atoms with E-state index in [0.717, 1.165) is 0 Å². The zero-order valence-corrected chi connectivity index (χ0v) is 8.77. The molecule has 0 spiro atoms. The summed E-state index contributed by atoms with van der Waals surface area (Å²) in [6, 6.07) is 0. The predicted molar refractivity (Wildman–Crippen MR) is 48.7 cm³/mol. The van der Waals surface area contributed by atoms with Gasteiger partial charge in [-0.05, 0) is 13.8 Å². The van der Waals surface area contributed by atoms with E-state index in [4.69, 9.17) is 19.9 Å². The summed E-state index contributed by atoms with van der Waals surface area (Å²) in [6.45, 7) is 2.54. The van der Waals surface area contributed by atoms with E-state index in [1.807, 2.05) is 0 Å². The smallest absolute Gasteiger partial charge is 0.229 e. The summed E-state index contributed by atoms with van der Waals surface area (Å²) in [7, 11) is 0. The summed E-state index contributed by atoms with van der Waals surface area (Å²) < 4.78 is 29.1. The van der Waals surface area contributed by atoms with Gasteiger partial charge in [-0.3, -0.25) is 0 Å². The summed E-state index contributed by atoms with van der Waals surface area (Å²) in [6.07, 6.45) is -2.40. The average molecular weight is 221 g/mol. The molecule has 0 aromatic rings. The average Bonchev–Trinajstić information content (AvgIpc) is 2.58. The number of ether oxygens (including phenoxy) is 3. The van der Waals surface area contributed by atoms with E-state index in [9.17, 15) is 9.50 Å². The third-order valence-corrected chi connectivity index (χ3v) is 2.72. The van der Waals surface area contributed by atoms with Gasteiger partial charge in [-0.25, -0.2) is 4.39 Å². The van der Waals surface area contributed by atoms with E-state index in [-0.39, 0.29) is 6.54 Å². The Labute approximate surface area is 87.3 Å². The zero-order valence-electron chi connectivity index (χ0n) is 8.77. The van der Waals surface area contributed by atoms with Gasteiger partial charge in [-0.15, -0.1) is 0 Å². The lowest BCUT2D eigenvalue weighted by atomic mass is 10.1. The Morgan fingerprint density at radius 2 is 2.07 bits per heavy atom. The molecule has 2 fully saturated rings. The van der Waals surface area contributed by atoms with E-state index in [2.05, 4.69) is 0 Å². The number of halogens is 1. The van der Waals surface area contributed by atoms with Gasteiger partial charge < -0.3 is 25.1 Å². The highest BCUT2D eigenvalue weighted by Gasteiger charge is 2.64. The second-order valence-electron chi connectivity index (χ2n) is 4.37. The number of rotatable bonds is 2. The van der Waals surface area contributed by atoms with E-state index >= 15 is 0 Å². The van der Waals surface area contributed by atoms with Crippen LogP contribution in [0.1, 0.15) is 13.8 Å². The van der Waals surface area contributed by atoms with Crippen LogP contribution < -0.4 is 5.73 Å². The van der Waals surface area contributed by atoms with Gasteiger partial charge in [0.05, 0.1) is 0 Å². The van der Waals surface area contributed by atoms with Crippen LogP contribution >= 0.6 is 0 Å². The summed E-state index contributed by atoms with van der Waals surface area (Å²) in [5, 5.41) is 9.81. The number of nitrogens with two attached hydrogens (primary N) is 1. The van der Waals surface area contributed by atoms with Crippen LogP contribution in [0.15, 0.2) is 0 Å². The largest absolute Gasteiger partial charge is 0.387 e. The minimum absolute atomic E-state index is 0.104. The third kappa shape index (κ3) is 1.57. The van der Waals surface area contributed by atoms with Crippen LogP contribution in [0.4, 0.5) is 4.39 Å². The fourth-order valence-corrected chi connectivity index (χ4v) is 2.16. The molecular formula is C9H16FNO4. The number of aliphatic hydroxyl groups excluding tert-OH is 1. The van der Waals surface area contributed by atoms with Crippen LogP contribution in [0.3, 0.4) is 0 Å². The van der Waals surface area contributed by atoms with Crippen molar-refractivity contribution in [2.75, 3.05) is 13.2 Å². The van der Waals surface area contributed by atoms with Crippen molar-refractivity contribution in [2.24, 2.45) is 5.73 Å². The molecule has 5 nitrogen and oxygen atoms in total. The van der Waals surface area contributed by atoms with Crippen molar-refractivity contribution in [1.29, 1.82) is 0 Å². The topological polar surface area (TPSA) is 73.9 Å². The molecule has 0 aromatic heterocycles. The van der Waals surface area contributed by atoms with Crippen LogP contribution in [0, 0.1) is 0 Å². The monoisotopic (exact) mass is 221 g/mol. The molecule has 0 amide bonds. The van der Waals surface area contributed by atoms with Crippen molar-refractivity contribution in [3.8, 4) is 0 Å². The minimum atomic E-state index is -1.49. The first kappa shape index (κ1) is 11.2. The molecule has 0 unspecified atom stereocenters. The fraction of sp³-hybridized carbons (Fsp3) is 1.00. The molecular weight excluding hydrogens is 205 g/mol. The van der Waals surface area contributed by atoms with Crippen molar-refractivity contribution in [1.82, 2.24) is 0 Å². The first-order valence-corrected chi connectivity index (χ1v) is 4.94. The standard InChI is InChI=1S/C9H16FNO4/c1-8(2)14-7-6(12)5(3-11)13-9(7,4-10)15-8/h5-7,12H,3-4,11H2,1-2H3/t5-,6+,7-,9-/m0/s1. The quantitative estimate of drug-likeness (QED) is 0.659. The van der Waals surface area contributed by atoms with Gasteiger partial charge in [0, 0.05) is 6.54 Å². The SMILES string of the molecule is CC1(C)O[C@H]2[C@H](O)[C@H](CN)O[C@@]2(CF)O1. The second-order valence-corrected chi connectivity index (χ2v) is 4.37. The number of alkyl halides is 1. The molecule has 15 heavy (non-hydrogen) atoms. The van der Waals surface area contributed by atoms with Crippen molar-refractivity contribution in [3.63, 3.8) is 0 Å². The molecule has 0 aliphatic carbocycles. The molecule has 0 saturated carbocycles. The fourth-order valence-electron chi connectivity index (χ4n) is 2.16. The molecule has 0 bridgehead atoms. The van der Waals surface area contributed by atoms with Crippen LogP contribution in [0.5, 0.6) is 0 Å². The van der Waals surface area contributed by atoms with Gasteiger partial charge in [0.1, 0.15) is 25.0 Å². The Bertz CT molecular complexity index is 262. The number of aliphatic hydroxyl groups is 1. The highest BCUT2D eigenvalue weighted by atomic mass is 19.1. The molecule has 3 N–H and O–H groups in total. The minimum Gasteiger partial charge on any atom is -0.387 e. The Morgan fingerprint density at radius 3 is 2.53 bits per heavy atom. The molecule has 0 radical (unpaired) electrons. The third-order valence-electron chi connectivity index (χ3n) is 2.72. The lowest BCUT2D eigenvalue weighted by molar-refractivity contribution is -0.265. The highest BCUT2D eigenvalue weighted by molar-refractivity contribution is 5.02. The summed E-state index contributed by atoms with van der Waals surface area (Å²) in [5.74, 6) is -2.44. The summed E-state index contributed by atoms with van der Waals surface area (Å²) in [4.78, 5) is 0. The number of hydrogen-bond donors (Lipinski definition) is 2. The Balaban J connectivity index is 2.24. The van der Waals surface area contributed by atoms with Crippen molar-refractivity contribution in [2.45, 2.75) is 43.7 Å². The van der Waals surface area contributed by atoms with Crippen molar-refractivity contribution in [3.05, 3.63) is 0 Å². The maximum absolute atomic E-state index is 13.0. The van der Waals surface area contributed by atoms with Crippen LogP contribution in [0.25, 0.3) is 0 Å². The van der Waals surface area contributed by atoms with E-state index in [1.54, 1.807) is 13.8 Å². The number of fused-ring (bicyclic) bond motifs is 1. The highest BCUT2D eigenvalue weighted by Crippen LogP contribution is 2.45. The molecule has 2 heterocycles. The first-order valence-electron chi connectivity index (χ1n) is 4.94. The molecule has 2 aliphatic heterocycles. The first-order chi connectivity index (χ1) is 6.94. The zero-order chi connectivity index (χ0) is 11.3. The molecule has 88 valence electrons. The predicted octanol–water partition coefficient (Wildman–Crippen LogP) is -0.478. The lowest BCUT2D eigenvalue weighted by Crippen LogP contribution is -2.42. The van der Waals surface area contributed by atoms with Gasteiger partial charge in [-0.1, -0.05) is 0 Å². The lowest BCUT2D eigenvalue weighted by Gasteiger charge is -2.25. The molecule has 0 aromatic carbocycles. The van der Waals surface area contributed by atoms with E-state index in [0.29, 0.717) is 0 Å². The maximum atomic E-state index is 13.0. The Kier molecular flexibility index (Phi) is 2.51. The van der Waals surface area contributed by atoms with Crippen molar-refractivity contribution >= 4 is 0 Å². The van der Waals surface area contributed by atoms with Crippen LogP contribution in [0.2, 0.25) is 0 Å². The van der Waals surface area contributed by atoms with E-state index in [1.165, 1.54) is 0 Å². The normalized spacial score (nSPS) is 48.2. The molecule has 2 saturated heterocycles. The van der Waals surface area contributed by atoms with Gasteiger partial charge in [0.2, 0.25) is 5.79 Å². The van der Waals surface area contributed by atoms with Crippen LogP contribution in [-0.4, -0.2) is 48.2 Å². The molecule has 2 aliphatic rings. The van der Waals surface area contributed by atoms with Crippen LogP contribution in [-0.2, 0) is 14.2 Å².